The van der Waals surface area contributed by atoms with Crippen LogP contribution in [-0.2, 0) is 21.7 Å². The van der Waals surface area contributed by atoms with Crippen LogP contribution >= 0.6 is 11.3 Å². The number of aryl methyl sites for hydroxylation is 1. The molecule has 5 aromatic carbocycles. The summed E-state index contributed by atoms with van der Waals surface area (Å²) in [5.41, 5.74) is 17.3. The van der Waals surface area contributed by atoms with Crippen LogP contribution in [0.5, 0.6) is 0 Å². The Kier molecular flexibility index (Phi) is 8.00. The van der Waals surface area contributed by atoms with Gasteiger partial charge in [-0.25, -0.2) is 0 Å². The molecule has 2 nitrogen and oxygen atoms in total. The summed E-state index contributed by atoms with van der Waals surface area (Å²) in [4.78, 5) is 5.16. The fourth-order valence-electron chi connectivity index (χ4n) is 8.32. The van der Waals surface area contributed by atoms with Gasteiger partial charge in [0.1, 0.15) is 0 Å². The van der Waals surface area contributed by atoms with Gasteiger partial charge in [0.25, 0.3) is 6.71 Å². The first-order valence-electron chi connectivity index (χ1n) is 19.4. The highest BCUT2D eigenvalue weighted by atomic mass is 32.1. The van der Waals surface area contributed by atoms with Gasteiger partial charge in [0.15, 0.2) is 0 Å². The standard InChI is InChI=1S/C49H55BN2S/c1-30-26-40-43-41(27-30)52(36-22-16-32(17-23-36)47(5,6)7)44-37-28-33(48(8,9)10)19-25-42(37)53-45(44)50(43)38-29-34(49(11,12)13)18-24-39(38)51(40)35-20-14-31(15-21-35)46(2,3)4/h14-29H,1-13H3. The number of anilines is 6. The Balaban J connectivity index is 1.48. The molecule has 3 heterocycles. The van der Waals surface area contributed by atoms with Gasteiger partial charge in [-0.1, -0.05) is 126 Å². The molecular weight excluding hydrogens is 659 g/mol. The second-order valence-electron chi connectivity index (χ2n) is 19.7. The van der Waals surface area contributed by atoms with Crippen LogP contribution in [0.1, 0.15) is 111 Å². The molecule has 0 N–H and O–H groups in total. The molecule has 0 bridgehead atoms. The molecule has 0 saturated heterocycles. The maximum atomic E-state index is 2.61. The highest BCUT2D eigenvalue weighted by Crippen LogP contribution is 2.49. The van der Waals surface area contributed by atoms with Crippen molar-refractivity contribution in [1.82, 2.24) is 0 Å². The van der Waals surface area contributed by atoms with Crippen LogP contribution < -0.4 is 25.5 Å². The summed E-state index contributed by atoms with van der Waals surface area (Å²) in [5.74, 6) is 0. The van der Waals surface area contributed by atoms with Crippen LogP contribution in [0.2, 0.25) is 0 Å². The van der Waals surface area contributed by atoms with Crippen LogP contribution in [0.4, 0.5) is 34.1 Å². The molecule has 8 rings (SSSR count). The maximum Gasteiger partial charge on any atom is 0.264 e. The second-order valence-corrected chi connectivity index (χ2v) is 20.8. The van der Waals surface area contributed by atoms with Crippen molar-refractivity contribution in [2.45, 2.75) is 112 Å². The van der Waals surface area contributed by atoms with Gasteiger partial charge in [-0.05, 0) is 122 Å². The molecule has 0 unspecified atom stereocenters. The molecular formula is C49H55BN2S. The van der Waals surface area contributed by atoms with Crippen molar-refractivity contribution >= 4 is 78.0 Å². The van der Waals surface area contributed by atoms with Crippen LogP contribution in [0, 0.1) is 6.92 Å². The SMILES string of the molecule is Cc1cc2c3c(c1)N(c1ccc(C(C)(C)C)cc1)c1c(sc4ccc(C(C)(C)C)cc14)B3c1cc(C(C)(C)C)ccc1N2c1ccc(C(C)(C)C)cc1. The van der Waals surface area contributed by atoms with E-state index in [2.05, 4.69) is 197 Å². The first kappa shape index (κ1) is 35.7. The summed E-state index contributed by atoms with van der Waals surface area (Å²) in [6.07, 6.45) is 0. The van der Waals surface area contributed by atoms with E-state index in [-0.39, 0.29) is 28.4 Å². The molecule has 0 spiro atoms. The smallest absolute Gasteiger partial charge is 0.264 e. The summed E-state index contributed by atoms with van der Waals surface area (Å²) in [7, 11) is 0. The van der Waals surface area contributed by atoms with Gasteiger partial charge in [-0.2, -0.15) is 0 Å². The molecule has 0 aliphatic carbocycles. The van der Waals surface area contributed by atoms with Crippen LogP contribution in [-0.4, -0.2) is 6.71 Å². The van der Waals surface area contributed by atoms with Crippen molar-refractivity contribution < 1.29 is 0 Å². The zero-order valence-corrected chi connectivity index (χ0v) is 34.9. The molecule has 0 fully saturated rings. The summed E-state index contributed by atoms with van der Waals surface area (Å²) in [6.45, 7) is 30.2. The minimum absolute atomic E-state index is 0.0186. The van der Waals surface area contributed by atoms with Crippen molar-refractivity contribution in [1.29, 1.82) is 0 Å². The lowest BCUT2D eigenvalue weighted by molar-refractivity contribution is 0.590. The largest absolute Gasteiger partial charge is 0.311 e. The number of thiophene rings is 1. The minimum atomic E-state index is 0.0186. The third-order valence-corrected chi connectivity index (χ3v) is 12.7. The Morgan fingerprint density at radius 1 is 0.472 bits per heavy atom. The summed E-state index contributed by atoms with van der Waals surface area (Å²) in [6, 6.07) is 38.1. The van der Waals surface area contributed by atoms with Gasteiger partial charge in [0.2, 0.25) is 0 Å². The third-order valence-electron chi connectivity index (χ3n) is 11.5. The molecule has 53 heavy (non-hydrogen) atoms. The van der Waals surface area contributed by atoms with Crippen molar-refractivity contribution in [3.05, 3.63) is 125 Å². The highest BCUT2D eigenvalue weighted by Gasteiger charge is 2.46. The number of rotatable bonds is 2. The van der Waals surface area contributed by atoms with E-state index in [1.807, 2.05) is 11.3 Å². The van der Waals surface area contributed by atoms with E-state index >= 15 is 0 Å². The van der Waals surface area contributed by atoms with Crippen LogP contribution in [0.15, 0.2) is 97.1 Å². The van der Waals surface area contributed by atoms with E-state index in [1.54, 1.807) is 0 Å². The normalized spacial score (nSPS) is 14.4. The Morgan fingerprint density at radius 3 is 1.45 bits per heavy atom. The van der Waals surface area contributed by atoms with Crippen molar-refractivity contribution in [3.8, 4) is 0 Å². The topological polar surface area (TPSA) is 6.48 Å². The first-order valence-corrected chi connectivity index (χ1v) is 20.2. The van der Waals surface area contributed by atoms with Gasteiger partial charge >= 0.3 is 0 Å². The molecule has 0 atom stereocenters. The molecule has 1 aromatic heterocycles. The molecule has 6 aromatic rings. The molecule has 0 amide bonds. The lowest BCUT2D eigenvalue weighted by Crippen LogP contribution is -2.60. The van der Waals surface area contributed by atoms with E-state index in [0.717, 1.165) is 0 Å². The molecule has 2 aliphatic heterocycles. The Hall–Kier alpha value is -4.28. The number of benzene rings is 5. The number of hydrogen-bond donors (Lipinski definition) is 0. The van der Waals surface area contributed by atoms with Crippen LogP contribution in [0.3, 0.4) is 0 Å². The van der Waals surface area contributed by atoms with Crippen molar-refractivity contribution in [3.63, 3.8) is 0 Å². The zero-order chi connectivity index (χ0) is 38.0. The fourth-order valence-corrected chi connectivity index (χ4v) is 9.62. The van der Waals surface area contributed by atoms with Gasteiger partial charge < -0.3 is 9.80 Å². The summed E-state index contributed by atoms with van der Waals surface area (Å²) in [5, 5.41) is 1.35. The lowest BCUT2D eigenvalue weighted by atomic mass is 9.36. The summed E-state index contributed by atoms with van der Waals surface area (Å²) < 4.78 is 2.78. The minimum Gasteiger partial charge on any atom is -0.311 e. The highest BCUT2D eigenvalue weighted by molar-refractivity contribution is 7.33. The van der Waals surface area contributed by atoms with E-state index in [0.29, 0.717) is 0 Å². The summed E-state index contributed by atoms with van der Waals surface area (Å²) >= 11 is 1.99. The quantitative estimate of drug-likeness (QED) is 0.165. The van der Waals surface area contributed by atoms with E-state index in [9.17, 15) is 0 Å². The average Bonchev–Trinajstić information content (AvgIpc) is 3.45. The first-order chi connectivity index (χ1) is 24.7. The lowest BCUT2D eigenvalue weighted by Gasteiger charge is -2.44. The van der Waals surface area contributed by atoms with Gasteiger partial charge in [-0.3, -0.25) is 0 Å². The maximum absolute atomic E-state index is 2.61. The molecule has 0 saturated carbocycles. The fraction of sp³-hybridized carbons (Fsp3) is 0.347. The van der Waals surface area contributed by atoms with Gasteiger partial charge in [-0.15, -0.1) is 11.3 Å². The van der Waals surface area contributed by atoms with E-state index in [1.165, 1.54) is 87.7 Å². The van der Waals surface area contributed by atoms with Crippen LogP contribution in [0.25, 0.3) is 10.1 Å². The Labute approximate surface area is 323 Å². The van der Waals surface area contributed by atoms with E-state index < -0.39 is 0 Å². The number of nitrogens with zero attached hydrogens (tertiary/aromatic N) is 2. The van der Waals surface area contributed by atoms with Crippen molar-refractivity contribution in [2.75, 3.05) is 9.80 Å². The van der Waals surface area contributed by atoms with Gasteiger partial charge in [0, 0.05) is 43.3 Å². The predicted octanol–water partition coefficient (Wildman–Crippen LogP) is 12.5. The number of hydrogen-bond acceptors (Lipinski definition) is 3. The monoisotopic (exact) mass is 714 g/mol. The molecule has 2 aliphatic rings. The zero-order valence-electron chi connectivity index (χ0n) is 34.1. The molecule has 270 valence electrons. The van der Waals surface area contributed by atoms with E-state index in [4.69, 9.17) is 0 Å². The van der Waals surface area contributed by atoms with Crippen molar-refractivity contribution in [2.24, 2.45) is 0 Å². The average molecular weight is 715 g/mol. The Morgan fingerprint density at radius 2 is 0.925 bits per heavy atom. The predicted molar refractivity (Wildman–Crippen MR) is 235 cm³/mol. The molecule has 4 heteroatoms. The molecule has 0 radical (unpaired) electrons. The third kappa shape index (κ3) is 5.93. The second kappa shape index (κ2) is 11.9. The Bertz CT molecular complexity index is 2390. The van der Waals surface area contributed by atoms with Gasteiger partial charge in [0.05, 0.1) is 5.69 Å². The number of fused-ring (bicyclic) bond motifs is 6.